The van der Waals surface area contributed by atoms with Gasteiger partial charge in [-0.2, -0.15) is 8.42 Å². The molecule has 3 rings (SSSR count). The Morgan fingerprint density at radius 3 is 2.62 bits per heavy atom. The molecule has 1 heterocycles. The Bertz CT molecular complexity index is 1000. The van der Waals surface area contributed by atoms with E-state index in [2.05, 4.69) is 4.74 Å². The number of aliphatic hydroxyl groups is 1. The van der Waals surface area contributed by atoms with Gasteiger partial charge >= 0.3 is 16.2 Å². The van der Waals surface area contributed by atoms with Crippen molar-refractivity contribution in [2.75, 3.05) is 11.4 Å². The second-order valence-electron chi connectivity index (χ2n) is 5.87. The predicted molar refractivity (Wildman–Crippen MR) is 95.8 cm³/mol. The molecule has 0 saturated carbocycles. The Morgan fingerprint density at radius 2 is 1.96 bits per heavy atom. The first-order valence-corrected chi connectivity index (χ1v) is 9.29. The maximum atomic E-state index is 12.0. The molecule has 2 aromatic rings. The van der Waals surface area contributed by atoms with E-state index in [1.54, 1.807) is 0 Å². The van der Waals surface area contributed by atoms with E-state index in [9.17, 15) is 23.4 Å². The fourth-order valence-electron chi connectivity index (χ4n) is 2.78. The van der Waals surface area contributed by atoms with Gasteiger partial charge < -0.3 is 14.9 Å². The van der Waals surface area contributed by atoms with Gasteiger partial charge in [0.1, 0.15) is 11.4 Å². The number of carbonyl (C=O) groups excluding carboxylic acids is 1. The molecule has 0 amide bonds. The minimum atomic E-state index is -3.99. The molecule has 26 heavy (non-hydrogen) atoms. The number of aryl methyl sites for hydroxylation is 1. The summed E-state index contributed by atoms with van der Waals surface area (Å²) >= 11 is 0. The van der Waals surface area contributed by atoms with Gasteiger partial charge in [-0.1, -0.05) is 18.2 Å². The van der Waals surface area contributed by atoms with Crippen molar-refractivity contribution < 1.29 is 28.2 Å². The summed E-state index contributed by atoms with van der Waals surface area (Å²) < 4.78 is 31.3. The number of aliphatic hydroxyl groups excluding tert-OH is 1. The van der Waals surface area contributed by atoms with E-state index in [4.69, 9.17) is 0 Å². The SMILES string of the molecule is COC(=O)CCCc1ccc2cc(O)c(N3C=C(O)NS3(=O)=O)cc2c1. The lowest BCUT2D eigenvalue weighted by atomic mass is 10.0. The molecular formula is C17H18N2O6S. The quantitative estimate of drug-likeness (QED) is 0.686. The number of nitrogens with zero attached hydrogens (tertiary/aromatic N) is 1. The molecule has 0 fully saturated rings. The highest BCUT2D eigenvalue weighted by atomic mass is 32.2. The smallest absolute Gasteiger partial charge is 0.330 e. The lowest BCUT2D eigenvalue weighted by molar-refractivity contribution is -0.140. The van der Waals surface area contributed by atoms with Crippen LogP contribution in [0.15, 0.2) is 42.4 Å². The largest absolute Gasteiger partial charge is 0.506 e. The first-order valence-electron chi connectivity index (χ1n) is 7.85. The van der Waals surface area contributed by atoms with Gasteiger partial charge in [0, 0.05) is 6.42 Å². The molecule has 0 spiro atoms. The lowest BCUT2D eigenvalue weighted by Crippen LogP contribution is -2.29. The summed E-state index contributed by atoms with van der Waals surface area (Å²) in [5.41, 5.74) is 1.000. The third-order valence-corrected chi connectivity index (χ3v) is 5.33. The van der Waals surface area contributed by atoms with Crippen molar-refractivity contribution in [1.29, 1.82) is 0 Å². The number of methoxy groups -OCH3 is 1. The van der Waals surface area contributed by atoms with Crippen LogP contribution >= 0.6 is 0 Å². The van der Waals surface area contributed by atoms with Crippen LogP contribution < -0.4 is 9.03 Å². The standard InChI is InChI=1S/C17H18N2O6S/c1-25-17(22)4-2-3-11-5-6-12-9-15(20)14(8-13(12)7-11)19-10-16(21)18-26(19,23)24/h5-10,18,20-21H,2-4H2,1H3. The highest BCUT2D eigenvalue weighted by Crippen LogP contribution is 2.35. The maximum absolute atomic E-state index is 12.0. The number of benzene rings is 2. The highest BCUT2D eigenvalue weighted by molar-refractivity contribution is 7.91. The molecule has 3 N–H and O–H groups in total. The summed E-state index contributed by atoms with van der Waals surface area (Å²) in [6.45, 7) is 0. The number of aromatic hydroxyl groups is 1. The first kappa shape index (κ1) is 17.9. The molecule has 0 radical (unpaired) electrons. The van der Waals surface area contributed by atoms with E-state index in [0.29, 0.717) is 19.3 Å². The average molecular weight is 378 g/mol. The molecule has 2 aromatic carbocycles. The number of fused-ring (bicyclic) bond motifs is 1. The molecule has 0 atom stereocenters. The van der Waals surface area contributed by atoms with E-state index in [-0.39, 0.29) is 17.4 Å². The molecule has 0 bridgehead atoms. The number of carbonyl (C=O) groups is 1. The van der Waals surface area contributed by atoms with Crippen molar-refractivity contribution in [3.05, 3.63) is 48.0 Å². The number of rotatable bonds is 5. The minimum absolute atomic E-state index is 0.0285. The van der Waals surface area contributed by atoms with Crippen molar-refractivity contribution in [2.24, 2.45) is 0 Å². The normalized spacial score (nSPS) is 15.6. The van der Waals surface area contributed by atoms with Gasteiger partial charge in [-0.05, 0) is 41.3 Å². The van der Waals surface area contributed by atoms with E-state index in [1.807, 2.05) is 22.9 Å². The third-order valence-electron chi connectivity index (χ3n) is 4.04. The van der Waals surface area contributed by atoms with Gasteiger partial charge in [-0.15, -0.1) is 0 Å². The fraction of sp³-hybridized carbons (Fsp3) is 0.235. The zero-order valence-corrected chi connectivity index (χ0v) is 14.8. The van der Waals surface area contributed by atoms with Crippen LogP contribution in [0.1, 0.15) is 18.4 Å². The van der Waals surface area contributed by atoms with Gasteiger partial charge in [-0.3, -0.25) is 4.79 Å². The Labute approximate surface area is 150 Å². The summed E-state index contributed by atoms with van der Waals surface area (Å²) in [4.78, 5) is 11.2. The number of hydrogen-bond donors (Lipinski definition) is 3. The summed E-state index contributed by atoms with van der Waals surface area (Å²) in [6.07, 6.45) is 2.59. The van der Waals surface area contributed by atoms with Gasteiger partial charge in [0.15, 0.2) is 0 Å². The topological polar surface area (TPSA) is 116 Å². The van der Waals surface area contributed by atoms with E-state index in [0.717, 1.165) is 26.8 Å². The molecule has 0 aromatic heterocycles. The summed E-state index contributed by atoms with van der Waals surface area (Å²) in [6, 6.07) is 8.56. The second-order valence-corrected chi connectivity index (χ2v) is 7.42. The molecule has 1 aliphatic heterocycles. The van der Waals surface area contributed by atoms with Gasteiger partial charge in [0.2, 0.25) is 5.88 Å². The van der Waals surface area contributed by atoms with E-state index < -0.39 is 16.1 Å². The number of anilines is 1. The number of nitrogens with one attached hydrogen (secondary N) is 1. The Kier molecular flexibility index (Phi) is 4.64. The molecule has 0 aliphatic carbocycles. The van der Waals surface area contributed by atoms with Crippen LogP contribution in [-0.2, 0) is 26.2 Å². The van der Waals surface area contributed by atoms with Crippen LogP contribution in [0.5, 0.6) is 5.75 Å². The molecule has 8 nitrogen and oxygen atoms in total. The Hall–Kier alpha value is -2.94. The van der Waals surface area contributed by atoms with Gasteiger partial charge in [0.05, 0.1) is 13.3 Å². The highest BCUT2D eigenvalue weighted by Gasteiger charge is 2.30. The van der Waals surface area contributed by atoms with E-state index in [1.165, 1.54) is 19.2 Å². The molecule has 0 unspecified atom stereocenters. The number of esters is 1. The second kappa shape index (κ2) is 6.75. The number of phenols is 1. The van der Waals surface area contributed by atoms with Crippen molar-refractivity contribution in [2.45, 2.75) is 19.3 Å². The zero-order valence-electron chi connectivity index (χ0n) is 14.0. The molecule has 0 saturated heterocycles. The van der Waals surface area contributed by atoms with Crippen LogP contribution in [0.4, 0.5) is 5.69 Å². The maximum Gasteiger partial charge on any atom is 0.330 e. The fourth-order valence-corrected chi connectivity index (χ4v) is 3.84. The minimum Gasteiger partial charge on any atom is -0.506 e. The molecular weight excluding hydrogens is 360 g/mol. The Morgan fingerprint density at radius 1 is 1.19 bits per heavy atom. The van der Waals surface area contributed by atoms with Crippen molar-refractivity contribution in [1.82, 2.24) is 4.72 Å². The van der Waals surface area contributed by atoms with Crippen molar-refractivity contribution in [3.63, 3.8) is 0 Å². The third kappa shape index (κ3) is 3.52. The summed E-state index contributed by atoms with van der Waals surface area (Å²) in [5, 5.41) is 21.1. The monoisotopic (exact) mass is 378 g/mol. The summed E-state index contributed by atoms with van der Waals surface area (Å²) in [5.74, 6) is -1.02. The van der Waals surface area contributed by atoms with Crippen LogP contribution in [0, 0.1) is 0 Å². The molecule has 138 valence electrons. The number of ether oxygens (including phenoxy) is 1. The van der Waals surface area contributed by atoms with Crippen molar-refractivity contribution >= 4 is 32.6 Å². The number of phenolic OH excluding ortho intramolecular Hbond substituents is 1. The van der Waals surface area contributed by atoms with Crippen LogP contribution in [0.2, 0.25) is 0 Å². The zero-order chi connectivity index (χ0) is 18.9. The van der Waals surface area contributed by atoms with Crippen LogP contribution in [0.25, 0.3) is 10.8 Å². The average Bonchev–Trinajstić information content (AvgIpc) is 2.86. The van der Waals surface area contributed by atoms with Crippen molar-refractivity contribution in [3.8, 4) is 5.75 Å². The molecule has 9 heteroatoms. The van der Waals surface area contributed by atoms with Gasteiger partial charge in [0.25, 0.3) is 0 Å². The van der Waals surface area contributed by atoms with Gasteiger partial charge in [-0.25, -0.2) is 9.03 Å². The predicted octanol–water partition coefficient (Wildman–Crippen LogP) is 2.05. The summed E-state index contributed by atoms with van der Waals surface area (Å²) in [7, 11) is -2.64. The van der Waals surface area contributed by atoms with E-state index >= 15 is 0 Å². The van der Waals surface area contributed by atoms with Crippen LogP contribution in [-0.4, -0.2) is 31.7 Å². The number of hydrogen-bond acceptors (Lipinski definition) is 6. The Balaban J connectivity index is 1.92. The first-order chi connectivity index (χ1) is 12.3. The molecule has 1 aliphatic rings. The lowest BCUT2D eigenvalue weighted by Gasteiger charge is -2.16. The van der Waals surface area contributed by atoms with Crippen LogP contribution in [0.3, 0.4) is 0 Å².